The van der Waals surface area contributed by atoms with Gasteiger partial charge in [-0.15, -0.1) is 0 Å². The molecule has 6 heteroatoms. The van der Waals surface area contributed by atoms with Gasteiger partial charge >= 0.3 is 0 Å². The lowest BCUT2D eigenvalue weighted by Gasteiger charge is -2.39. The van der Waals surface area contributed by atoms with E-state index in [4.69, 9.17) is 4.74 Å². The van der Waals surface area contributed by atoms with Crippen LogP contribution in [0.1, 0.15) is 41.9 Å². The van der Waals surface area contributed by atoms with Gasteiger partial charge in [-0.3, -0.25) is 9.59 Å². The Morgan fingerprint density at radius 2 is 2.00 bits per heavy atom. The molecule has 0 aromatic heterocycles. The number of nitrogens with one attached hydrogen (secondary N) is 2. The molecule has 140 valence electrons. The van der Waals surface area contributed by atoms with Crippen molar-refractivity contribution in [2.24, 2.45) is 0 Å². The molecule has 0 unspecified atom stereocenters. The molecule has 2 heterocycles. The van der Waals surface area contributed by atoms with Gasteiger partial charge in [0.1, 0.15) is 6.17 Å². The van der Waals surface area contributed by atoms with Crippen LogP contribution in [0.25, 0.3) is 0 Å². The second-order valence-corrected chi connectivity index (χ2v) is 6.99. The molecule has 0 saturated carbocycles. The Hall–Kier alpha value is -2.86. The number of amides is 2. The second kappa shape index (κ2) is 7.40. The van der Waals surface area contributed by atoms with Crippen LogP contribution in [-0.2, 0) is 9.53 Å². The van der Waals surface area contributed by atoms with Crippen LogP contribution in [0.5, 0.6) is 0 Å². The first-order valence-electron chi connectivity index (χ1n) is 9.27. The zero-order chi connectivity index (χ0) is 18.8. The zero-order valence-electron chi connectivity index (χ0n) is 15.3. The maximum absolute atomic E-state index is 13.2. The van der Waals surface area contributed by atoms with E-state index in [2.05, 4.69) is 10.6 Å². The SMILES string of the molecule is CC(=O)Nc1ccc([C@@H]2Nc3ccccc3C(=O)N2C[C@H]2CCCO2)cc1. The third kappa shape index (κ3) is 3.66. The van der Waals surface area contributed by atoms with E-state index < -0.39 is 0 Å². The van der Waals surface area contributed by atoms with Crippen molar-refractivity contribution >= 4 is 23.2 Å². The summed E-state index contributed by atoms with van der Waals surface area (Å²) in [5.74, 6) is -0.0987. The highest BCUT2D eigenvalue weighted by atomic mass is 16.5. The number of benzene rings is 2. The lowest BCUT2D eigenvalue weighted by atomic mass is 10.0. The number of anilines is 2. The molecule has 2 amide bonds. The molecule has 6 nitrogen and oxygen atoms in total. The smallest absolute Gasteiger partial charge is 0.257 e. The molecular formula is C21H23N3O3. The summed E-state index contributed by atoms with van der Waals surface area (Å²) in [5, 5.41) is 6.26. The fourth-order valence-electron chi connectivity index (χ4n) is 3.70. The summed E-state index contributed by atoms with van der Waals surface area (Å²) in [7, 11) is 0. The summed E-state index contributed by atoms with van der Waals surface area (Å²) in [6, 6.07) is 15.2. The van der Waals surface area contributed by atoms with Crippen LogP contribution < -0.4 is 10.6 Å². The highest BCUT2D eigenvalue weighted by Gasteiger charge is 2.35. The van der Waals surface area contributed by atoms with Crippen molar-refractivity contribution in [2.75, 3.05) is 23.8 Å². The van der Waals surface area contributed by atoms with Crippen LogP contribution in [0.4, 0.5) is 11.4 Å². The number of hydrogen-bond donors (Lipinski definition) is 2. The zero-order valence-corrected chi connectivity index (χ0v) is 15.3. The van der Waals surface area contributed by atoms with Crippen molar-refractivity contribution in [1.29, 1.82) is 0 Å². The van der Waals surface area contributed by atoms with Crippen LogP contribution in [0.3, 0.4) is 0 Å². The van der Waals surface area contributed by atoms with E-state index >= 15 is 0 Å². The Kier molecular flexibility index (Phi) is 4.81. The van der Waals surface area contributed by atoms with Gasteiger partial charge in [0.15, 0.2) is 0 Å². The number of rotatable bonds is 4. The van der Waals surface area contributed by atoms with Gasteiger partial charge in [-0.2, -0.15) is 0 Å². The summed E-state index contributed by atoms with van der Waals surface area (Å²) in [6.45, 7) is 2.79. The maximum atomic E-state index is 13.2. The third-order valence-corrected chi connectivity index (χ3v) is 4.99. The first kappa shape index (κ1) is 17.5. The summed E-state index contributed by atoms with van der Waals surface area (Å²) in [4.78, 5) is 26.3. The van der Waals surface area contributed by atoms with Crippen LogP contribution in [0.2, 0.25) is 0 Å². The Balaban J connectivity index is 1.65. The van der Waals surface area contributed by atoms with Crippen molar-refractivity contribution in [3.8, 4) is 0 Å². The fourth-order valence-corrected chi connectivity index (χ4v) is 3.70. The minimum atomic E-state index is -0.275. The Morgan fingerprint density at radius 1 is 1.22 bits per heavy atom. The van der Waals surface area contributed by atoms with Gasteiger partial charge in [-0.25, -0.2) is 0 Å². The van der Waals surface area contributed by atoms with Crippen LogP contribution in [-0.4, -0.2) is 36.0 Å². The number of fused-ring (bicyclic) bond motifs is 1. The van der Waals surface area contributed by atoms with Crippen LogP contribution in [0, 0.1) is 0 Å². The van der Waals surface area contributed by atoms with Crippen molar-refractivity contribution in [1.82, 2.24) is 4.90 Å². The predicted molar refractivity (Wildman–Crippen MR) is 104 cm³/mol. The molecule has 2 aliphatic heterocycles. The van der Waals surface area contributed by atoms with Crippen LogP contribution >= 0.6 is 0 Å². The van der Waals surface area contributed by atoms with Crippen molar-refractivity contribution < 1.29 is 14.3 Å². The highest BCUT2D eigenvalue weighted by Crippen LogP contribution is 2.34. The summed E-state index contributed by atoms with van der Waals surface area (Å²) in [6.07, 6.45) is 1.80. The molecule has 27 heavy (non-hydrogen) atoms. The molecule has 4 rings (SSSR count). The molecule has 2 atom stereocenters. The standard InChI is InChI=1S/C21H23N3O3/c1-14(25)22-16-10-8-15(9-11-16)20-23-19-7-3-2-6-18(19)21(26)24(20)13-17-5-4-12-27-17/h2-3,6-11,17,20,23H,4-5,12-13H2,1H3,(H,22,25)/t17-,20-/m1/s1. The summed E-state index contributed by atoms with van der Waals surface area (Å²) >= 11 is 0. The molecule has 2 aliphatic rings. The van der Waals surface area contributed by atoms with Gasteiger partial charge in [0.25, 0.3) is 5.91 Å². The topological polar surface area (TPSA) is 70.7 Å². The van der Waals surface area contributed by atoms with Gasteiger partial charge in [0.2, 0.25) is 5.91 Å². The average molecular weight is 365 g/mol. The van der Waals surface area contributed by atoms with Crippen molar-refractivity contribution in [2.45, 2.75) is 32.0 Å². The van der Waals surface area contributed by atoms with Crippen LogP contribution in [0.15, 0.2) is 48.5 Å². The monoisotopic (exact) mass is 365 g/mol. The highest BCUT2D eigenvalue weighted by molar-refractivity contribution is 6.01. The number of nitrogens with zero attached hydrogens (tertiary/aromatic N) is 1. The largest absolute Gasteiger partial charge is 0.376 e. The Bertz CT molecular complexity index is 844. The molecule has 0 spiro atoms. The van der Waals surface area contributed by atoms with E-state index in [0.717, 1.165) is 36.4 Å². The van der Waals surface area contributed by atoms with E-state index in [1.54, 1.807) is 0 Å². The van der Waals surface area contributed by atoms with E-state index in [0.29, 0.717) is 12.1 Å². The molecule has 2 aromatic rings. The minimum Gasteiger partial charge on any atom is -0.376 e. The summed E-state index contributed by atoms with van der Waals surface area (Å²) < 4.78 is 5.77. The fraction of sp³-hybridized carbons (Fsp3) is 0.333. The van der Waals surface area contributed by atoms with E-state index in [-0.39, 0.29) is 24.1 Å². The number of hydrogen-bond acceptors (Lipinski definition) is 4. The predicted octanol–water partition coefficient (Wildman–Crippen LogP) is 3.39. The number of para-hydroxylation sites is 1. The normalized spacial score (nSPS) is 21.5. The lowest BCUT2D eigenvalue weighted by Crippen LogP contribution is -2.46. The van der Waals surface area contributed by atoms with E-state index in [9.17, 15) is 9.59 Å². The first-order valence-corrected chi connectivity index (χ1v) is 9.27. The Labute approximate surface area is 158 Å². The lowest BCUT2D eigenvalue weighted by molar-refractivity contribution is -0.114. The molecule has 2 N–H and O–H groups in total. The van der Waals surface area contributed by atoms with Gasteiger partial charge in [0.05, 0.1) is 11.7 Å². The molecule has 0 radical (unpaired) electrons. The average Bonchev–Trinajstić information content (AvgIpc) is 3.17. The summed E-state index contributed by atoms with van der Waals surface area (Å²) in [5.41, 5.74) is 3.22. The number of carbonyl (C=O) groups is 2. The number of ether oxygens (including phenoxy) is 1. The van der Waals surface area contributed by atoms with Gasteiger partial charge in [0, 0.05) is 31.5 Å². The van der Waals surface area contributed by atoms with Gasteiger partial charge in [-0.05, 0) is 42.7 Å². The number of carbonyl (C=O) groups excluding carboxylic acids is 2. The molecule has 1 saturated heterocycles. The van der Waals surface area contributed by atoms with Gasteiger partial charge in [-0.1, -0.05) is 24.3 Å². The molecular weight excluding hydrogens is 342 g/mol. The van der Waals surface area contributed by atoms with Gasteiger partial charge < -0.3 is 20.3 Å². The first-order chi connectivity index (χ1) is 13.1. The molecule has 0 aliphatic carbocycles. The van der Waals surface area contributed by atoms with E-state index in [1.165, 1.54) is 6.92 Å². The minimum absolute atomic E-state index is 0.00999. The molecule has 2 aromatic carbocycles. The van der Waals surface area contributed by atoms with E-state index in [1.807, 2.05) is 53.4 Å². The quantitative estimate of drug-likeness (QED) is 0.871. The molecule has 1 fully saturated rings. The molecule has 0 bridgehead atoms. The van der Waals surface area contributed by atoms with Crippen molar-refractivity contribution in [3.63, 3.8) is 0 Å². The third-order valence-electron chi connectivity index (χ3n) is 4.99. The maximum Gasteiger partial charge on any atom is 0.257 e. The Morgan fingerprint density at radius 3 is 2.70 bits per heavy atom. The van der Waals surface area contributed by atoms with Crippen molar-refractivity contribution in [3.05, 3.63) is 59.7 Å². The second-order valence-electron chi connectivity index (χ2n) is 6.99.